The number of rotatable bonds is 4. The highest BCUT2D eigenvalue weighted by Gasteiger charge is 2.27. The zero-order valence-corrected chi connectivity index (χ0v) is 16.5. The monoisotopic (exact) mass is 382 g/mol. The molecule has 0 N–H and O–H groups in total. The van der Waals surface area contributed by atoms with E-state index in [0.29, 0.717) is 24.6 Å². The first-order valence-corrected chi connectivity index (χ1v) is 10.1. The van der Waals surface area contributed by atoms with E-state index in [-0.39, 0.29) is 17.8 Å². The van der Waals surface area contributed by atoms with Crippen LogP contribution in [0.4, 0.5) is 15.8 Å². The van der Waals surface area contributed by atoms with E-state index in [1.165, 1.54) is 12.1 Å². The molecule has 5 heteroatoms. The Labute approximate surface area is 165 Å². The van der Waals surface area contributed by atoms with Gasteiger partial charge >= 0.3 is 0 Å². The van der Waals surface area contributed by atoms with Gasteiger partial charge in [0.05, 0.1) is 5.69 Å². The number of aryl methyl sites for hydroxylation is 1. The molecule has 0 unspecified atom stereocenters. The van der Waals surface area contributed by atoms with Crippen molar-refractivity contribution in [2.45, 2.75) is 51.7 Å². The molecule has 148 valence electrons. The minimum absolute atomic E-state index is 0.0360. The Hall–Kier alpha value is -2.40. The fourth-order valence-corrected chi connectivity index (χ4v) is 4.12. The number of piperidine rings is 1. The van der Waals surface area contributed by atoms with E-state index < -0.39 is 0 Å². The molecule has 0 spiro atoms. The van der Waals surface area contributed by atoms with Crippen LogP contribution in [0.2, 0.25) is 0 Å². The van der Waals surface area contributed by atoms with Gasteiger partial charge in [-0.15, -0.1) is 0 Å². The molecule has 1 amide bonds. The largest absolute Gasteiger partial charge is 0.490 e. The van der Waals surface area contributed by atoms with E-state index in [1.807, 2.05) is 12.1 Å². The van der Waals surface area contributed by atoms with Crippen LogP contribution in [-0.4, -0.2) is 36.0 Å². The summed E-state index contributed by atoms with van der Waals surface area (Å²) in [7, 11) is 0. The van der Waals surface area contributed by atoms with E-state index >= 15 is 0 Å². The predicted octanol–water partition coefficient (Wildman–Crippen LogP) is 4.69. The summed E-state index contributed by atoms with van der Waals surface area (Å²) in [5.74, 6) is 0.602. The normalized spacial score (nSPS) is 18.4. The first-order chi connectivity index (χ1) is 13.5. The molecule has 0 radical (unpaired) electrons. The highest BCUT2D eigenvalue weighted by atomic mass is 19.1. The van der Waals surface area contributed by atoms with Gasteiger partial charge in [-0.25, -0.2) is 4.39 Å². The van der Waals surface area contributed by atoms with Gasteiger partial charge in [-0.05, 0) is 81.1 Å². The molecule has 2 aliphatic heterocycles. The second-order valence-electron chi connectivity index (χ2n) is 7.94. The van der Waals surface area contributed by atoms with Crippen LogP contribution < -0.4 is 9.64 Å². The maximum absolute atomic E-state index is 13.3. The van der Waals surface area contributed by atoms with Gasteiger partial charge in [-0.2, -0.15) is 0 Å². The first kappa shape index (κ1) is 18.9. The zero-order chi connectivity index (χ0) is 19.7. The van der Waals surface area contributed by atoms with Gasteiger partial charge < -0.3 is 9.64 Å². The highest BCUT2D eigenvalue weighted by Crippen LogP contribution is 2.36. The predicted molar refractivity (Wildman–Crippen MR) is 109 cm³/mol. The van der Waals surface area contributed by atoms with Gasteiger partial charge in [-0.1, -0.05) is 0 Å². The number of nitrogens with zero attached hydrogens (tertiary/aromatic N) is 2. The summed E-state index contributed by atoms with van der Waals surface area (Å²) in [6, 6.07) is 12.6. The molecule has 0 bridgehead atoms. The second kappa shape index (κ2) is 7.92. The Bertz CT molecular complexity index is 842. The van der Waals surface area contributed by atoms with Crippen molar-refractivity contribution in [1.82, 2.24) is 4.90 Å². The third-order valence-corrected chi connectivity index (χ3v) is 5.74. The molecule has 0 saturated carbocycles. The summed E-state index contributed by atoms with van der Waals surface area (Å²) in [5, 5.41) is 0. The molecule has 2 aromatic rings. The molecule has 0 aromatic heterocycles. The lowest BCUT2D eigenvalue weighted by Gasteiger charge is -2.35. The van der Waals surface area contributed by atoms with E-state index in [2.05, 4.69) is 24.8 Å². The zero-order valence-electron chi connectivity index (χ0n) is 16.5. The smallest absolute Gasteiger partial charge is 0.231 e. The Morgan fingerprint density at radius 1 is 1.04 bits per heavy atom. The molecule has 1 saturated heterocycles. The molecule has 0 atom stereocenters. The van der Waals surface area contributed by atoms with Crippen molar-refractivity contribution >= 4 is 17.3 Å². The molecule has 2 heterocycles. The number of anilines is 2. The number of benzene rings is 2. The van der Waals surface area contributed by atoms with Crippen LogP contribution in [0, 0.1) is 5.82 Å². The topological polar surface area (TPSA) is 32.8 Å². The maximum Gasteiger partial charge on any atom is 0.231 e. The van der Waals surface area contributed by atoms with Crippen molar-refractivity contribution in [2.24, 2.45) is 0 Å². The first-order valence-electron chi connectivity index (χ1n) is 10.1. The van der Waals surface area contributed by atoms with Crippen LogP contribution >= 0.6 is 0 Å². The molecule has 4 nitrogen and oxygen atoms in total. The molecular weight excluding hydrogens is 355 g/mol. The maximum atomic E-state index is 13.3. The molecule has 28 heavy (non-hydrogen) atoms. The van der Waals surface area contributed by atoms with E-state index in [4.69, 9.17) is 4.74 Å². The summed E-state index contributed by atoms with van der Waals surface area (Å²) < 4.78 is 19.5. The van der Waals surface area contributed by atoms with Crippen molar-refractivity contribution in [3.63, 3.8) is 0 Å². The second-order valence-corrected chi connectivity index (χ2v) is 7.94. The molecule has 2 aromatic carbocycles. The Morgan fingerprint density at radius 3 is 2.43 bits per heavy atom. The van der Waals surface area contributed by atoms with E-state index in [0.717, 1.165) is 42.9 Å². The highest BCUT2D eigenvalue weighted by molar-refractivity contribution is 6.03. The summed E-state index contributed by atoms with van der Waals surface area (Å²) in [6.07, 6.45) is 3.46. The van der Waals surface area contributed by atoms with Gasteiger partial charge in [0.15, 0.2) is 0 Å². The van der Waals surface area contributed by atoms with Crippen molar-refractivity contribution in [3.8, 4) is 5.75 Å². The summed E-state index contributed by atoms with van der Waals surface area (Å²) in [5.41, 5.74) is 2.66. The minimum atomic E-state index is -0.305. The van der Waals surface area contributed by atoms with Crippen LogP contribution in [0.3, 0.4) is 0 Å². The van der Waals surface area contributed by atoms with Crippen molar-refractivity contribution in [2.75, 3.05) is 18.0 Å². The summed E-state index contributed by atoms with van der Waals surface area (Å²) >= 11 is 0. The van der Waals surface area contributed by atoms with Crippen molar-refractivity contribution in [3.05, 3.63) is 53.8 Å². The fraction of sp³-hybridized carbons (Fsp3) is 0.435. The molecule has 4 rings (SSSR count). The van der Waals surface area contributed by atoms with Crippen LogP contribution in [0.25, 0.3) is 0 Å². The lowest BCUT2D eigenvalue weighted by atomic mass is 9.99. The number of halogens is 1. The number of carbonyl (C=O) groups is 1. The number of hydrogen-bond acceptors (Lipinski definition) is 3. The number of likely N-dealkylation sites (tertiary alicyclic amines) is 1. The number of fused-ring (bicyclic) bond motifs is 1. The molecule has 0 aliphatic carbocycles. The number of carbonyl (C=O) groups excluding carboxylic acids is 1. The van der Waals surface area contributed by atoms with Gasteiger partial charge in [-0.3, -0.25) is 9.69 Å². The van der Waals surface area contributed by atoms with E-state index in [9.17, 15) is 9.18 Å². The van der Waals surface area contributed by atoms with Crippen molar-refractivity contribution in [1.29, 1.82) is 0 Å². The number of amides is 1. The van der Waals surface area contributed by atoms with E-state index in [1.54, 1.807) is 17.0 Å². The SMILES string of the molecule is CC(C)N1CCC(Oc2ccc3c(c2)CCC(=O)N3c2ccc(F)cc2)CC1. The van der Waals surface area contributed by atoms with Gasteiger partial charge in [0, 0.05) is 31.2 Å². The number of hydrogen-bond donors (Lipinski definition) is 0. The lowest BCUT2D eigenvalue weighted by molar-refractivity contribution is -0.118. The lowest BCUT2D eigenvalue weighted by Crippen LogP contribution is -2.41. The minimum Gasteiger partial charge on any atom is -0.490 e. The van der Waals surface area contributed by atoms with Crippen LogP contribution in [0.1, 0.15) is 38.7 Å². The summed E-state index contributed by atoms with van der Waals surface area (Å²) in [6.45, 7) is 6.61. The number of ether oxygens (including phenoxy) is 1. The Kier molecular flexibility index (Phi) is 5.36. The molecule has 2 aliphatic rings. The quantitative estimate of drug-likeness (QED) is 0.769. The standard InChI is InChI=1S/C23H27FN2O2/c1-16(2)25-13-11-20(12-14-25)28-21-8-9-22-17(15-21)3-10-23(27)26(22)19-6-4-18(24)5-7-19/h4-9,15-16,20H,3,10-14H2,1-2H3. The molecule has 1 fully saturated rings. The average molecular weight is 382 g/mol. The van der Waals surface area contributed by atoms with Crippen LogP contribution in [0.5, 0.6) is 5.75 Å². The Morgan fingerprint density at radius 2 is 1.75 bits per heavy atom. The van der Waals surface area contributed by atoms with Gasteiger partial charge in [0.2, 0.25) is 5.91 Å². The average Bonchev–Trinajstić information content (AvgIpc) is 2.69. The van der Waals surface area contributed by atoms with Crippen LogP contribution in [0.15, 0.2) is 42.5 Å². The van der Waals surface area contributed by atoms with Crippen LogP contribution in [-0.2, 0) is 11.2 Å². The molecular formula is C23H27FN2O2. The fourth-order valence-electron chi connectivity index (χ4n) is 4.12. The van der Waals surface area contributed by atoms with Crippen molar-refractivity contribution < 1.29 is 13.9 Å². The van der Waals surface area contributed by atoms with Gasteiger partial charge in [0.1, 0.15) is 17.7 Å². The third-order valence-electron chi connectivity index (χ3n) is 5.74. The summed E-state index contributed by atoms with van der Waals surface area (Å²) in [4.78, 5) is 16.7. The Balaban J connectivity index is 1.50. The third kappa shape index (κ3) is 3.90. The van der Waals surface area contributed by atoms with Gasteiger partial charge in [0.25, 0.3) is 0 Å².